The predicted molar refractivity (Wildman–Crippen MR) is 139 cm³/mol. The Hall–Kier alpha value is -3.34. The monoisotopic (exact) mass is 563 g/mol. The maximum atomic E-state index is 13.6. The van der Waals surface area contributed by atoms with Crippen LogP contribution in [0.3, 0.4) is 0 Å². The highest BCUT2D eigenvalue weighted by atomic mass is 32.2. The van der Waals surface area contributed by atoms with Gasteiger partial charge >= 0.3 is 5.97 Å². The number of esters is 1. The van der Waals surface area contributed by atoms with Gasteiger partial charge in [0, 0.05) is 4.88 Å². The number of methoxy groups -OCH3 is 1. The van der Waals surface area contributed by atoms with Gasteiger partial charge in [-0.05, 0) is 49.4 Å². The Labute approximate surface area is 219 Å². The van der Waals surface area contributed by atoms with Crippen molar-refractivity contribution in [2.45, 2.75) is 32.2 Å². The van der Waals surface area contributed by atoms with E-state index in [1.165, 1.54) is 41.2 Å². The Morgan fingerprint density at radius 2 is 1.97 bits per heavy atom. The van der Waals surface area contributed by atoms with Crippen LogP contribution in [0.25, 0.3) is 10.2 Å². The molecule has 0 unspecified atom stereocenters. The lowest BCUT2D eigenvalue weighted by Crippen LogP contribution is -2.28. The number of carbonyl (C=O) groups excluding carboxylic acids is 3. The van der Waals surface area contributed by atoms with E-state index in [9.17, 15) is 27.2 Å². The number of halogens is 1. The minimum atomic E-state index is -4.19. The van der Waals surface area contributed by atoms with Crippen LogP contribution in [-0.4, -0.2) is 49.4 Å². The second-order valence-electron chi connectivity index (χ2n) is 8.28. The Morgan fingerprint density at radius 1 is 1.22 bits per heavy atom. The summed E-state index contributed by atoms with van der Waals surface area (Å²) in [5.41, 5.74) is 1.62. The second-order valence-corrected chi connectivity index (χ2v) is 12.5. The van der Waals surface area contributed by atoms with Gasteiger partial charge in [-0.15, -0.1) is 17.8 Å². The minimum Gasteiger partial charge on any atom is -0.465 e. The molecule has 2 heterocycles. The summed E-state index contributed by atoms with van der Waals surface area (Å²) < 4.78 is 45.7. The number of amides is 2. The van der Waals surface area contributed by atoms with Crippen molar-refractivity contribution in [3.8, 4) is 12.3 Å². The Balaban J connectivity index is 1.51. The van der Waals surface area contributed by atoms with Gasteiger partial charge in [-0.3, -0.25) is 9.59 Å². The molecule has 1 aliphatic rings. The smallest absolute Gasteiger partial charge is 0.341 e. The fourth-order valence-corrected chi connectivity index (χ4v) is 7.47. The summed E-state index contributed by atoms with van der Waals surface area (Å²) in [5, 5.41) is 2.75. The molecule has 3 aromatic rings. The number of fused-ring (bicyclic) bond motifs is 2. The number of carbonyl (C=O) groups is 3. The third-order valence-electron chi connectivity index (χ3n) is 5.62. The predicted octanol–water partition coefficient (Wildman–Crippen LogP) is 2.68. The molecule has 0 atom stereocenters. The zero-order valence-electron chi connectivity index (χ0n) is 19.7. The first kappa shape index (κ1) is 26.7. The molecule has 2 amide bonds. The fraction of sp³-hybridized carbons (Fsp3) is 0.333. The summed E-state index contributed by atoms with van der Waals surface area (Å²) in [4.78, 5) is 42.4. The average Bonchev–Trinajstić information content (AvgIpc) is 3.34. The summed E-state index contributed by atoms with van der Waals surface area (Å²) >= 11 is 2.22. The van der Waals surface area contributed by atoms with E-state index in [2.05, 4.69) is 16.2 Å². The molecule has 4 rings (SSSR count). The molecule has 9 nitrogen and oxygen atoms in total. The molecule has 2 aromatic heterocycles. The van der Waals surface area contributed by atoms with Gasteiger partial charge < -0.3 is 14.6 Å². The van der Waals surface area contributed by atoms with Crippen LogP contribution >= 0.6 is 22.7 Å². The van der Waals surface area contributed by atoms with Crippen LogP contribution in [0.5, 0.6) is 0 Å². The molecule has 1 N–H and O–H groups in total. The molecule has 0 saturated heterocycles. The zero-order chi connectivity index (χ0) is 26.7. The van der Waals surface area contributed by atoms with Gasteiger partial charge in [-0.2, -0.15) is 4.99 Å². The van der Waals surface area contributed by atoms with Gasteiger partial charge in [0.15, 0.2) is 14.6 Å². The van der Waals surface area contributed by atoms with Gasteiger partial charge in [-0.25, -0.2) is 17.6 Å². The van der Waals surface area contributed by atoms with E-state index >= 15 is 0 Å². The Bertz CT molecular complexity index is 1630. The van der Waals surface area contributed by atoms with E-state index in [0.717, 1.165) is 41.0 Å². The Morgan fingerprint density at radius 3 is 2.70 bits per heavy atom. The molecule has 1 aliphatic carbocycles. The van der Waals surface area contributed by atoms with Crippen molar-refractivity contribution < 1.29 is 31.9 Å². The number of thiazole rings is 1. The molecular formula is C24H22FN3O6S3. The first-order chi connectivity index (χ1) is 17.6. The van der Waals surface area contributed by atoms with Gasteiger partial charge in [-0.1, -0.05) is 17.3 Å². The SMILES string of the molecule is C#CCn1c(=NC(=O)CS(=O)(=O)CC(=O)Nc2sc3c(c2C(=O)OC)CCCC3)sc2cc(F)ccc21. The lowest BCUT2D eigenvalue weighted by atomic mass is 9.95. The van der Waals surface area contributed by atoms with Crippen molar-refractivity contribution in [2.75, 3.05) is 23.9 Å². The summed E-state index contributed by atoms with van der Waals surface area (Å²) in [5.74, 6) is -2.51. The number of terminal acetylenes is 1. The molecule has 0 spiro atoms. The van der Waals surface area contributed by atoms with Crippen molar-refractivity contribution in [2.24, 2.45) is 4.99 Å². The highest BCUT2D eigenvalue weighted by Crippen LogP contribution is 2.38. The Kier molecular flexibility index (Phi) is 7.91. The standard InChI is InChI=1S/C24H22FN3O6S3/c1-3-10-28-16-9-8-14(25)11-18(16)36-24(28)27-20(30)13-37(32,33)12-19(29)26-22-21(23(31)34-2)15-6-4-5-7-17(15)35-22/h1,8-9,11H,4-7,10,12-13H2,2H3,(H,26,29). The number of aryl methyl sites for hydroxylation is 1. The van der Waals surface area contributed by atoms with Crippen LogP contribution < -0.4 is 10.1 Å². The lowest BCUT2D eigenvalue weighted by molar-refractivity contribution is -0.115. The summed E-state index contributed by atoms with van der Waals surface area (Å²) in [6, 6.07) is 4.00. The normalized spacial score (nSPS) is 13.7. The van der Waals surface area contributed by atoms with Crippen LogP contribution in [0.2, 0.25) is 0 Å². The maximum Gasteiger partial charge on any atom is 0.341 e. The van der Waals surface area contributed by atoms with Gasteiger partial charge in [0.2, 0.25) is 5.91 Å². The number of sulfone groups is 1. The number of nitrogens with zero attached hydrogens (tertiary/aromatic N) is 2. The number of rotatable bonds is 7. The number of anilines is 1. The number of hydrogen-bond acceptors (Lipinski definition) is 8. The molecule has 0 fully saturated rings. The van der Waals surface area contributed by atoms with E-state index < -0.39 is 44.9 Å². The summed E-state index contributed by atoms with van der Waals surface area (Å²) in [6.07, 6.45) is 8.68. The molecule has 13 heteroatoms. The number of hydrogen-bond donors (Lipinski definition) is 1. The van der Waals surface area contributed by atoms with E-state index in [1.54, 1.807) is 0 Å². The van der Waals surface area contributed by atoms with E-state index in [1.807, 2.05) is 0 Å². The third-order valence-corrected chi connectivity index (χ3v) is 9.26. The number of ether oxygens (including phenoxy) is 1. The van der Waals surface area contributed by atoms with Crippen LogP contribution in [0.15, 0.2) is 23.2 Å². The average molecular weight is 564 g/mol. The van der Waals surface area contributed by atoms with Crippen LogP contribution in [0, 0.1) is 18.2 Å². The van der Waals surface area contributed by atoms with Crippen LogP contribution in [-0.2, 0) is 43.5 Å². The van der Waals surface area contributed by atoms with Crippen molar-refractivity contribution in [1.82, 2.24) is 4.57 Å². The number of nitrogens with one attached hydrogen (secondary N) is 1. The van der Waals surface area contributed by atoms with Gasteiger partial charge in [0.05, 0.1) is 29.4 Å². The molecule has 0 saturated carbocycles. The van der Waals surface area contributed by atoms with E-state index in [4.69, 9.17) is 11.2 Å². The number of aromatic nitrogens is 1. The summed E-state index contributed by atoms with van der Waals surface area (Å²) in [6.45, 7) is 0.0419. The largest absolute Gasteiger partial charge is 0.465 e. The van der Waals surface area contributed by atoms with Gasteiger partial charge in [0.1, 0.15) is 22.3 Å². The molecule has 0 radical (unpaired) electrons. The second kappa shape index (κ2) is 11.0. The van der Waals surface area contributed by atoms with Crippen molar-refractivity contribution in [1.29, 1.82) is 0 Å². The number of thiophene rings is 1. The number of benzene rings is 1. The molecule has 37 heavy (non-hydrogen) atoms. The van der Waals surface area contributed by atoms with Crippen molar-refractivity contribution in [3.05, 3.63) is 44.8 Å². The maximum absolute atomic E-state index is 13.6. The molecule has 0 aliphatic heterocycles. The van der Waals surface area contributed by atoms with Crippen molar-refractivity contribution in [3.63, 3.8) is 0 Å². The quantitative estimate of drug-likeness (QED) is 0.348. The topological polar surface area (TPSA) is 124 Å². The highest BCUT2D eigenvalue weighted by molar-refractivity contribution is 7.92. The lowest BCUT2D eigenvalue weighted by Gasteiger charge is -2.11. The fourth-order valence-electron chi connectivity index (χ4n) is 4.09. The van der Waals surface area contributed by atoms with E-state index in [0.29, 0.717) is 16.6 Å². The molecule has 194 valence electrons. The van der Waals surface area contributed by atoms with Crippen molar-refractivity contribution >= 4 is 65.5 Å². The zero-order valence-corrected chi connectivity index (χ0v) is 22.2. The van der Waals surface area contributed by atoms with Crippen LogP contribution in [0.1, 0.15) is 33.6 Å². The van der Waals surface area contributed by atoms with E-state index in [-0.39, 0.29) is 21.9 Å². The summed E-state index contributed by atoms with van der Waals surface area (Å²) in [7, 11) is -2.96. The molecule has 1 aromatic carbocycles. The van der Waals surface area contributed by atoms with Crippen LogP contribution in [0.4, 0.5) is 9.39 Å². The minimum absolute atomic E-state index is 0.0419. The van der Waals surface area contributed by atoms with Gasteiger partial charge in [0.25, 0.3) is 5.91 Å². The molecular weight excluding hydrogens is 541 g/mol. The first-order valence-corrected chi connectivity index (χ1v) is 14.6. The highest BCUT2D eigenvalue weighted by Gasteiger charge is 2.28. The first-order valence-electron chi connectivity index (χ1n) is 11.1. The molecule has 0 bridgehead atoms. The third kappa shape index (κ3) is 5.98.